The smallest absolute Gasteiger partial charge is 0.243 e. The largest absolute Gasteiger partial charge is 0.326 e. The number of fused-ring (bicyclic) bond motifs is 1. The molecule has 2 heterocycles. The van der Waals surface area contributed by atoms with Crippen LogP contribution in [-0.4, -0.2) is 31.7 Å². The van der Waals surface area contributed by atoms with Crippen LogP contribution in [0.2, 0.25) is 0 Å². The highest BCUT2D eigenvalue weighted by Crippen LogP contribution is 2.28. The number of aryl methyl sites for hydroxylation is 1. The third-order valence-corrected chi connectivity index (χ3v) is 6.48. The summed E-state index contributed by atoms with van der Waals surface area (Å²) in [4.78, 5) is 11.9. The van der Waals surface area contributed by atoms with Crippen molar-refractivity contribution in [3.8, 4) is 0 Å². The molecule has 3 rings (SSSR count). The van der Waals surface area contributed by atoms with E-state index in [4.69, 9.17) is 0 Å². The molecule has 0 radical (unpaired) electrons. The molecule has 1 fully saturated rings. The minimum atomic E-state index is -3.42. The minimum Gasteiger partial charge on any atom is -0.326 e. The summed E-state index contributed by atoms with van der Waals surface area (Å²) in [5.41, 5.74) is 1.66. The number of nitrogens with zero attached hydrogens (tertiary/aromatic N) is 1. The standard InChI is InChI=1S/C16H22N2O3S/c1-12-7-9-18(10-8-12)22(20,21)14-5-6-15-13(11-14)3-2-4-16(19)17-15/h5-6,11-12H,2-4,7-10H2,1H3,(H,17,19). The van der Waals surface area contributed by atoms with Gasteiger partial charge in [0, 0.05) is 25.2 Å². The summed E-state index contributed by atoms with van der Waals surface area (Å²) in [6.07, 6.45) is 3.80. The van der Waals surface area contributed by atoms with Gasteiger partial charge in [-0.2, -0.15) is 4.31 Å². The molecule has 0 spiro atoms. The fourth-order valence-corrected chi connectivity index (χ4v) is 4.61. The number of rotatable bonds is 2. The van der Waals surface area contributed by atoms with E-state index in [1.54, 1.807) is 22.5 Å². The van der Waals surface area contributed by atoms with Crippen molar-refractivity contribution in [1.82, 2.24) is 4.31 Å². The van der Waals surface area contributed by atoms with E-state index in [9.17, 15) is 13.2 Å². The highest BCUT2D eigenvalue weighted by Gasteiger charge is 2.28. The van der Waals surface area contributed by atoms with Gasteiger partial charge in [-0.15, -0.1) is 0 Å². The van der Waals surface area contributed by atoms with Crippen LogP contribution in [0, 0.1) is 5.92 Å². The molecule has 22 heavy (non-hydrogen) atoms. The summed E-state index contributed by atoms with van der Waals surface area (Å²) in [6, 6.07) is 5.06. The Labute approximate surface area is 131 Å². The van der Waals surface area contributed by atoms with E-state index in [0.717, 1.165) is 36.9 Å². The van der Waals surface area contributed by atoms with Gasteiger partial charge in [0.25, 0.3) is 0 Å². The topological polar surface area (TPSA) is 66.5 Å². The molecule has 2 aliphatic rings. The molecule has 120 valence electrons. The second kappa shape index (κ2) is 6.01. The predicted octanol–water partition coefficient (Wildman–Crippen LogP) is 2.38. The number of nitrogens with one attached hydrogen (secondary N) is 1. The molecule has 1 aromatic rings. The fourth-order valence-electron chi connectivity index (χ4n) is 3.09. The number of sulfonamides is 1. The monoisotopic (exact) mass is 322 g/mol. The molecule has 0 saturated carbocycles. The SMILES string of the molecule is CC1CCN(S(=O)(=O)c2ccc3c(c2)CCCC(=O)N3)CC1. The van der Waals surface area contributed by atoms with Crippen LogP contribution in [-0.2, 0) is 21.2 Å². The van der Waals surface area contributed by atoms with E-state index in [1.807, 2.05) is 0 Å². The highest BCUT2D eigenvalue weighted by molar-refractivity contribution is 7.89. The van der Waals surface area contributed by atoms with Gasteiger partial charge in [-0.05, 0) is 55.4 Å². The molecule has 0 aliphatic carbocycles. The predicted molar refractivity (Wildman–Crippen MR) is 85.2 cm³/mol. The van der Waals surface area contributed by atoms with Crippen LogP contribution in [0.15, 0.2) is 23.1 Å². The van der Waals surface area contributed by atoms with Gasteiger partial charge >= 0.3 is 0 Å². The van der Waals surface area contributed by atoms with Crippen molar-refractivity contribution < 1.29 is 13.2 Å². The van der Waals surface area contributed by atoms with Crippen LogP contribution in [0.3, 0.4) is 0 Å². The molecular formula is C16H22N2O3S. The molecule has 2 aliphatic heterocycles. The van der Waals surface area contributed by atoms with E-state index in [1.165, 1.54) is 0 Å². The summed E-state index contributed by atoms with van der Waals surface area (Å²) in [7, 11) is -3.42. The first-order valence-corrected chi connectivity index (χ1v) is 9.34. The average Bonchev–Trinajstić information content (AvgIpc) is 2.67. The average molecular weight is 322 g/mol. The number of hydrogen-bond donors (Lipinski definition) is 1. The summed E-state index contributed by atoms with van der Waals surface area (Å²) >= 11 is 0. The van der Waals surface area contributed by atoms with Crippen molar-refractivity contribution in [1.29, 1.82) is 0 Å². The van der Waals surface area contributed by atoms with E-state index in [2.05, 4.69) is 12.2 Å². The molecule has 1 aromatic carbocycles. The number of anilines is 1. The van der Waals surface area contributed by atoms with E-state index in [-0.39, 0.29) is 5.91 Å². The first kappa shape index (κ1) is 15.5. The van der Waals surface area contributed by atoms with Gasteiger partial charge in [0.15, 0.2) is 0 Å². The van der Waals surface area contributed by atoms with Gasteiger partial charge in [-0.25, -0.2) is 8.42 Å². The zero-order chi connectivity index (χ0) is 15.7. The number of piperidine rings is 1. The lowest BCUT2D eigenvalue weighted by atomic mass is 10.0. The lowest BCUT2D eigenvalue weighted by Gasteiger charge is -2.29. The molecule has 0 bridgehead atoms. The van der Waals surface area contributed by atoms with Crippen molar-refractivity contribution in [2.75, 3.05) is 18.4 Å². The van der Waals surface area contributed by atoms with Crippen LogP contribution in [0.4, 0.5) is 5.69 Å². The molecule has 6 heteroatoms. The van der Waals surface area contributed by atoms with Gasteiger partial charge in [0.2, 0.25) is 15.9 Å². The molecule has 1 N–H and O–H groups in total. The van der Waals surface area contributed by atoms with Crippen LogP contribution < -0.4 is 5.32 Å². The normalized spacial score (nSPS) is 21.0. The molecule has 5 nitrogen and oxygen atoms in total. The third kappa shape index (κ3) is 3.03. The molecule has 0 unspecified atom stereocenters. The third-order valence-electron chi connectivity index (χ3n) is 4.58. The van der Waals surface area contributed by atoms with Crippen LogP contribution in [0.1, 0.15) is 38.2 Å². The molecule has 0 aromatic heterocycles. The van der Waals surface area contributed by atoms with Crippen LogP contribution in [0.5, 0.6) is 0 Å². The maximum absolute atomic E-state index is 12.8. The van der Waals surface area contributed by atoms with Crippen molar-refractivity contribution >= 4 is 21.6 Å². The Balaban J connectivity index is 1.88. The number of carbonyl (C=O) groups excluding carboxylic acids is 1. The van der Waals surface area contributed by atoms with Gasteiger partial charge in [-0.3, -0.25) is 4.79 Å². The van der Waals surface area contributed by atoms with Crippen molar-refractivity contribution in [2.45, 2.75) is 43.9 Å². The van der Waals surface area contributed by atoms with E-state index < -0.39 is 10.0 Å². The van der Waals surface area contributed by atoms with Gasteiger partial charge in [0.1, 0.15) is 0 Å². The van der Waals surface area contributed by atoms with Gasteiger partial charge in [-0.1, -0.05) is 6.92 Å². The minimum absolute atomic E-state index is 0.000578. The van der Waals surface area contributed by atoms with Gasteiger partial charge < -0.3 is 5.32 Å². The first-order valence-electron chi connectivity index (χ1n) is 7.90. The van der Waals surface area contributed by atoms with Crippen molar-refractivity contribution in [2.24, 2.45) is 5.92 Å². The Morgan fingerprint density at radius 2 is 1.91 bits per heavy atom. The highest BCUT2D eigenvalue weighted by atomic mass is 32.2. The van der Waals surface area contributed by atoms with Crippen molar-refractivity contribution in [3.05, 3.63) is 23.8 Å². The van der Waals surface area contributed by atoms with Crippen LogP contribution in [0.25, 0.3) is 0 Å². The molecule has 1 amide bonds. The Morgan fingerprint density at radius 3 is 2.64 bits per heavy atom. The Bertz CT molecular complexity index is 677. The number of amides is 1. The summed E-state index contributed by atoms with van der Waals surface area (Å²) in [6.45, 7) is 3.35. The number of benzene rings is 1. The quantitative estimate of drug-likeness (QED) is 0.909. The summed E-state index contributed by atoms with van der Waals surface area (Å²) in [5, 5.41) is 2.84. The number of hydrogen-bond acceptors (Lipinski definition) is 3. The summed E-state index contributed by atoms with van der Waals surface area (Å²) < 4.78 is 27.1. The summed E-state index contributed by atoms with van der Waals surface area (Å²) in [5.74, 6) is 0.591. The lowest BCUT2D eigenvalue weighted by molar-refractivity contribution is -0.116. The zero-order valence-corrected chi connectivity index (χ0v) is 13.7. The Kier molecular flexibility index (Phi) is 4.23. The molecular weight excluding hydrogens is 300 g/mol. The first-order chi connectivity index (χ1) is 10.5. The Hall–Kier alpha value is -1.40. The maximum Gasteiger partial charge on any atom is 0.243 e. The lowest BCUT2D eigenvalue weighted by Crippen LogP contribution is -2.37. The number of carbonyl (C=O) groups is 1. The molecule has 1 saturated heterocycles. The Morgan fingerprint density at radius 1 is 1.18 bits per heavy atom. The van der Waals surface area contributed by atoms with Crippen molar-refractivity contribution in [3.63, 3.8) is 0 Å². The van der Waals surface area contributed by atoms with E-state index in [0.29, 0.717) is 30.3 Å². The van der Waals surface area contributed by atoms with Gasteiger partial charge in [0.05, 0.1) is 4.90 Å². The maximum atomic E-state index is 12.8. The fraction of sp³-hybridized carbons (Fsp3) is 0.562. The molecule has 0 atom stereocenters. The van der Waals surface area contributed by atoms with E-state index >= 15 is 0 Å². The second-order valence-corrected chi connectivity index (χ2v) is 8.25. The zero-order valence-electron chi connectivity index (χ0n) is 12.8. The second-order valence-electron chi connectivity index (χ2n) is 6.31. The van der Waals surface area contributed by atoms with Crippen LogP contribution >= 0.6 is 0 Å².